The van der Waals surface area contributed by atoms with Gasteiger partial charge in [0.15, 0.2) is 0 Å². The summed E-state index contributed by atoms with van der Waals surface area (Å²) in [7, 11) is 0. The molecule has 0 radical (unpaired) electrons. The first kappa shape index (κ1) is 20.3. The molecule has 0 bridgehead atoms. The zero-order chi connectivity index (χ0) is 19.7. The summed E-state index contributed by atoms with van der Waals surface area (Å²) in [5.74, 6) is 0.0323. The lowest BCUT2D eigenvalue weighted by molar-refractivity contribution is -0.153. The molecule has 2 aliphatic rings. The number of carbonyl (C=O) groups excluding carboxylic acids is 1. The SMILES string of the molecule is CC(C)(C)OC(=O)CC1=N[C@@]2(c3ccccc3F)CO[C@@H](CO)C[C@H]2CS1. The molecule has 27 heavy (non-hydrogen) atoms. The van der Waals surface area contributed by atoms with Gasteiger partial charge in [0.1, 0.15) is 17.0 Å². The fourth-order valence-electron chi connectivity index (χ4n) is 3.61. The van der Waals surface area contributed by atoms with Crippen LogP contribution in [-0.4, -0.2) is 46.8 Å². The highest BCUT2D eigenvalue weighted by Gasteiger charge is 2.49. The van der Waals surface area contributed by atoms with E-state index in [0.29, 0.717) is 22.8 Å². The Kier molecular flexibility index (Phi) is 5.93. The first-order valence-corrected chi connectivity index (χ1v) is 10.1. The van der Waals surface area contributed by atoms with E-state index in [0.717, 1.165) is 0 Å². The molecule has 2 aliphatic heterocycles. The van der Waals surface area contributed by atoms with Gasteiger partial charge in [-0.05, 0) is 33.3 Å². The topological polar surface area (TPSA) is 68.1 Å². The third-order valence-corrected chi connectivity index (χ3v) is 5.93. The van der Waals surface area contributed by atoms with E-state index in [1.165, 1.54) is 17.8 Å². The lowest BCUT2D eigenvalue weighted by atomic mass is 9.75. The van der Waals surface area contributed by atoms with Gasteiger partial charge < -0.3 is 14.6 Å². The molecular formula is C20H26FNO4S. The Morgan fingerprint density at radius 2 is 2.19 bits per heavy atom. The van der Waals surface area contributed by atoms with Crippen LogP contribution in [0.15, 0.2) is 29.3 Å². The second-order valence-corrected chi connectivity index (χ2v) is 9.13. The predicted octanol–water partition coefficient (Wildman–Crippen LogP) is 3.30. The number of benzene rings is 1. The minimum atomic E-state index is -0.875. The van der Waals surface area contributed by atoms with Crippen LogP contribution in [0.1, 0.15) is 39.2 Å². The monoisotopic (exact) mass is 395 g/mol. The van der Waals surface area contributed by atoms with Gasteiger partial charge in [-0.25, -0.2) is 4.39 Å². The minimum Gasteiger partial charge on any atom is -0.460 e. The van der Waals surface area contributed by atoms with E-state index in [4.69, 9.17) is 14.5 Å². The molecule has 1 fully saturated rings. The Balaban J connectivity index is 1.93. The van der Waals surface area contributed by atoms with Crippen molar-refractivity contribution < 1.29 is 23.8 Å². The summed E-state index contributed by atoms with van der Waals surface area (Å²) in [6, 6.07) is 6.58. The van der Waals surface area contributed by atoms with E-state index in [1.54, 1.807) is 18.2 Å². The van der Waals surface area contributed by atoms with Crippen LogP contribution in [0.5, 0.6) is 0 Å². The van der Waals surface area contributed by atoms with Gasteiger partial charge in [0, 0.05) is 17.2 Å². The van der Waals surface area contributed by atoms with Crippen molar-refractivity contribution >= 4 is 22.8 Å². The molecule has 0 saturated carbocycles. The number of aliphatic imine (C=N–C) groups is 1. The molecule has 1 saturated heterocycles. The van der Waals surface area contributed by atoms with E-state index in [2.05, 4.69) is 0 Å². The number of aliphatic hydroxyl groups is 1. The minimum absolute atomic E-state index is 0.0210. The number of hydrogen-bond acceptors (Lipinski definition) is 6. The summed E-state index contributed by atoms with van der Waals surface area (Å²) >= 11 is 1.50. The van der Waals surface area contributed by atoms with Crippen LogP contribution in [0.4, 0.5) is 4.39 Å². The molecule has 0 spiro atoms. The Hall–Kier alpha value is -1.44. The number of rotatable bonds is 4. The van der Waals surface area contributed by atoms with E-state index < -0.39 is 11.1 Å². The van der Waals surface area contributed by atoms with Crippen LogP contribution in [0.2, 0.25) is 0 Å². The van der Waals surface area contributed by atoms with E-state index >= 15 is 0 Å². The smallest absolute Gasteiger partial charge is 0.312 e. The highest BCUT2D eigenvalue weighted by molar-refractivity contribution is 8.14. The third kappa shape index (κ3) is 4.52. The maximum absolute atomic E-state index is 14.7. The number of hydrogen-bond donors (Lipinski definition) is 1. The van der Waals surface area contributed by atoms with Gasteiger partial charge in [-0.3, -0.25) is 9.79 Å². The molecule has 3 atom stereocenters. The molecule has 1 N–H and O–H groups in total. The number of fused-ring (bicyclic) bond motifs is 1. The molecule has 7 heteroatoms. The zero-order valence-electron chi connectivity index (χ0n) is 15.9. The third-order valence-electron chi connectivity index (χ3n) is 4.80. The Morgan fingerprint density at radius 3 is 2.85 bits per heavy atom. The van der Waals surface area contributed by atoms with Crippen LogP contribution >= 0.6 is 11.8 Å². The summed E-state index contributed by atoms with van der Waals surface area (Å²) in [6.45, 7) is 5.58. The maximum Gasteiger partial charge on any atom is 0.312 e. The van der Waals surface area contributed by atoms with E-state index in [-0.39, 0.29) is 43.4 Å². The summed E-state index contributed by atoms with van der Waals surface area (Å²) in [6.07, 6.45) is 0.396. The summed E-state index contributed by atoms with van der Waals surface area (Å²) in [5, 5.41) is 10.1. The molecule has 0 aromatic heterocycles. The molecule has 1 aromatic rings. The lowest BCUT2D eigenvalue weighted by Crippen LogP contribution is -2.50. The van der Waals surface area contributed by atoms with E-state index in [9.17, 15) is 14.3 Å². The van der Waals surface area contributed by atoms with Crippen LogP contribution in [0.3, 0.4) is 0 Å². The number of ether oxygens (including phenoxy) is 2. The fraction of sp³-hybridized carbons (Fsp3) is 0.600. The normalized spacial score (nSPS) is 28.3. The number of esters is 1. The Morgan fingerprint density at radius 1 is 1.44 bits per heavy atom. The van der Waals surface area contributed by atoms with Crippen molar-refractivity contribution in [2.45, 2.75) is 50.9 Å². The fourth-order valence-corrected chi connectivity index (χ4v) is 4.87. The number of thioether (sulfide) groups is 1. The second kappa shape index (κ2) is 7.89. The molecule has 5 nitrogen and oxygen atoms in total. The van der Waals surface area contributed by atoms with Crippen molar-refractivity contribution in [2.75, 3.05) is 19.0 Å². The van der Waals surface area contributed by atoms with Crippen LogP contribution in [-0.2, 0) is 19.8 Å². The van der Waals surface area contributed by atoms with Gasteiger partial charge in [-0.1, -0.05) is 18.2 Å². The molecule has 0 aliphatic carbocycles. The van der Waals surface area contributed by atoms with Crippen LogP contribution in [0, 0.1) is 11.7 Å². The lowest BCUT2D eigenvalue weighted by Gasteiger charge is -2.46. The van der Waals surface area contributed by atoms with Crippen LogP contribution < -0.4 is 0 Å². The van der Waals surface area contributed by atoms with Gasteiger partial charge >= 0.3 is 5.97 Å². The second-order valence-electron chi connectivity index (χ2n) is 8.03. The van der Waals surface area contributed by atoms with Crippen molar-refractivity contribution in [1.29, 1.82) is 0 Å². The number of aliphatic hydroxyl groups excluding tert-OH is 1. The first-order valence-electron chi connectivity index (χ1n) is 9.14. The quantitative estimate of drug-likeness (QED) is 0.793. The molecule has 2 heterocycles. The molecule has 0 unspecified atom stereocenters. The van der Waals surface area contributed by atoms with E-state index in [1.807, 2.05) is 20.8 Å². The summed E-state index contributed by atoms with van der Waals surface area (Å²) < 4.78 is 25.9. The molecule has 148 valence electrons. The number of halogens is 1. The Labute approximate surface area is 163 Å². The largest absolute Gasteiger partial charge is 0.460 e. The zero-order valence-corrected chi connectivity index (χ0v) is 16.7. The molecule has 3 rings (SSSR count). The van der Waals surface area contributed by atoms with Crippen LogP contribution in [0.25, 0.3) is 0 Å². The average molecular weight is 395 g/mol. The van der Waals surface area contributed by atoms with Crippen molar-refractivity contribution in [3.05, 3.63) is 35.6 Å². The van der Waals surface area contributed by atoms with Crippen molar-refractivity contribution in [3.8, 4) is 0 Å². The summed E-state index contributed by atoms with van der Waals surface area (Å²) in [4.78, 5) is 17.1. The van der Waals surface area contributed by atoms with Gasteiger partial charge in [0.25, 0.3) is 0 Å². The highest BCUT2D eigenvalue weighted by atomic mass is 32.2. The predicted molar refractivity (Wildman–Crippen MR) is 103 cm³/mol. The van der Waals surface area contributed by atoms with Gasteiger partial charge in [-0.15, -0.1) is 11.8 Å². The van der Waals surface area contributed by atoms with Gasteiger partial charge in [-0.2, -0.15) is 0 Å². The molecule has 0 amide bonds. The summed E-state index contributed by atoms with van der Waals surface area (Å²) in [5.41, 5.74) is -0.960. The number of nitrogens with zero attached hydrogens (tertiary/aromatic N) is 1. The number of carbonyl (C=O) groups is 1. The Bertz CT molecular complexity index is 733. The van der Waals surface area contributed by atoms with Crippen molar-refractivity contribution in [1.82, 2.24) is 0 Å². The average Bonchev–Trinajstić information content (AvgIpc) is 2.59. The molecular weight excluding hydrogens is 369 g/mol. The first-order chi connectivity index (χ1) is 12.7. The van der Waals surface area contributed by atoms with Gasteiger partial charge in [0.05, 0.1) is 30.8 Å². The van der Waals surface area contributed by atoms with Crippen molar-refractivity contribution in [3.63, 3.8) is 0 Å². The standard InChI is InChI=1S/C20H26FNO4S/c1-19(2,3)26-18(24)9-17-22-20(15-6-4-5-7-16(15)21)12-25-14(10-23)8-13(20)11-27-17/h4-7,13-14,23H,8-12H2,1-3H3/t13-,14+,20-/m0/s1. The maximum atomic E-state index is 14.7. The molecule has 1 aromatic carbocycles. The van der Waals surface area contributed by atoms with Gasteiger partial charge in [0.2, 0.25) is 0 Å². The van der Waals surface area contributed by atoms with Crippen molar-refractivity contribution in [2.24, 2.45) is 10.9 Å². The highest BCUT2D eigenvalue weighted by Crippen LogP contribution is 2.47.